The zero-order chi connectivity index (χ0) is 47.8. The Hall–Kier alpha value is -5.53. The van der Waals surface area contributed by atoms with Crippen LogP contribution >= 0.6 is 22.9 Å². The number of aryl methyl sites for hydroxylation is 1. The second-order valence-corrected chi connectivity index (χ2v) is 20.0. The number of anilines is 1. The van der Waals surface area contributed by atoms with Crippen molar-refractivity contribution in [1.29, 1.82) is 5.26 Å². The van der Waals surface area contributed by atoms with Gasteiger partial charge in [0.1, 0.15) is 36.6 Å². The Kier molecular flexibility index (Phi) is 16.5. The van der Waals surface area contributed by atoms with E-state index in [0.717, 1.165) is 46.6 Å². The second kappa shape index (κ2) is 21.8. The molecule has 6 rings (SSSR count). The summed E-state index contributed by atoms with van der Waals surface area (Å²) in [6.07, 6.45) is 1.51. The van der Waals surface area contributed by atoms with Crippen molar-refractivity contribution in [3.05, 3.63) is 99.6 Å². The zero-order valence-corrected chi connectivity index (χ0v) is 40.4. The molecule has 2 aliphatic rings. The molecule has 0 spiro atoms. The summed E-state index contributed by atoms with van der Waals surface area (Å²) in [6.45, 7) is 15.0. The molecule has 4 amide bonds. The topological polar surface area (TPSA) is 195 Å². The van der Waals surface area contributed by atoms with E-state index in [1.54, 1.807) is 41.7 Å². The summed E-state index contributed by atoms with van der Waals surface area (Å²) < 4.78 is 12.0. The highest BCUT2D eigenvalue weighted by molar-refractivity contribution is 7.13. The Labute approximate surface area is 396 Å². The van der Waals surface area contributed by atoms with E-state index in [2.05, 4.69) is 60.0 Å². The number of halogens is 1. The standard InChI is InChI=1S/C50H62ClN7O7S/c1-30(2)42(46(63)58-27-37(59)23-40(58)45(62)54-26-32-11-13-33(14-12-32)43-31(3)55-29-66-43)56-41(60)28-64-22-10-8-9-21-53-36-18-15-34(16-19-36)44(61)57-47-49(4,5)48(50(47,6)7)65-38-20-17-35(25-52)39(51)24-38/h11-20,24,29-30,37,40,42,47-48,53,59H,8-10,21-23,26-28H2,1-7H3,(H,54,62)(H,56,60)(H,57,61)/t37-,40?,42+,47-,48-/m1/s1. The summed E-state index contributed by atoms with van der Waals surface area (Å²) in [5.41, 5.74) is 5.82. The van der Waals surface area contributed by atoms with E-state index in [9.17, 15) is 29.5 Å². The van der Waals surface area contributed by atoms with Crippen LogP contribution in [0.2, 0.25) is 5.02 Å². The van der Waals surface area contributed by atoms with Gasteiger partial charge in [-0.15, -0.1) is 11.3 Å². The van der Waals surface area contributed by atoms with Crippen molar-refractivity contribution in [2.75, 3.05) is 31.6 Å². The number of carbonyl (C=O) groups excluding carboxylic acids is 4. The van der Waals surface area contributed by atoms with E-state index in [0.29, 0.717) is 35.1 Å². The molecule has 0 radical (unpaired) electrons. The number of ether oxygens (including phenoxy) is 2. The molecule has 1 aliphatic heterocycles. The molecule has 1 aromatic heterocycles. The number of unbranched alkanes of at least 4 members (excludes halogenated alkanes) is 2. The highest BCUT2D eigenvalue weighted by Crippen LogP contribution is 2.55. The molecule has 16 heteroatoms. The number of aromatic nitrogens is 1. The van der Waals surface area contributed by atoms with Gasteiger partial charge < -0.3 is 40.7 Å². The predicted molar refractivity (Wildman–Crippen MR) is 256 cm³/mol. The lowest BCUT2D eigenvalue weighted by Gasteiger charge is -2.63. The average Bonchev–Trinajstić information content (AvgIpc) is 3.91. The Morgan fingerprint density at radius 1 is 1.00 bits per heavy atom. The number of nitrogens with zero attached hydrogens (tertiary/aromatic N) is 3. The number of rotatable bonds is 20. The number of benzene rings is 3. The lowest BCUT2D eigenvalue weighted by Crippen LogP contribution is -2.74. The van der Waals surface area contributed by atoms with E-state index in [-0.39, 0.29) is 66.8 Å². The molecule has 2 heterocycles. The van der Waals surface area contributed by atoms with Crippen LogP contribution in [0.5, 0.6) is 5.75 Å². The van der Waals surface area contributed by atoms with Crippen LogP contribution in [0.25, 0.3) is 10.4 Å². The lowest BCUT2D eigenvalue weighted by molar-refractivity contribution is -0.164. The summed E-state index contributed by atoms with van der Waals surface area (Å²) in [6, 6.07) is 20.4. The van der Waals surface area contributed by atoms with Crippen LogP contribution in [0.4, 0.5) is 5.69 Å². The van der Waals surface area contributed by atoms with Crippen LogP contribution in [0.15, 0.2) is 72.2 Å². The van der Waals surface area contributed by atoms with Gasteiger partial charge in [0.25, 0.3) is 5.91 Å². The number of nitrogens with one attached hydrogen (secondary N) is 4. The van der Waals surface area contributed by atoms with Gasteiger partial charge >= 0.3 is 0 Å². The summed E-state index contributed by atoms with van der Waals surface area (Å²) in [7, 11) is 0. The van der Waals surface area contributed by atoms with E-state index < -0.39 is 30.0 Å². The predicted octanol–water partition coefficient (Wildman–Crippen LogP) is 7.27. The van der Waals surface area contributed by atoms with Gasteiger partial charge in [0.15, 0.2) is 0 Å². The van der Waals surface area contributed by atoms with Crippen molar-refractivity contribution in [3.8, 4) is 22.3 Å². The maximum absolute atomic E-state index is 13.8. The summed E-state index contributed by atoms with van der Waals surface area (Å²) >= 11 is 7.81. The lowest BCUT2D eigenvalue weighted by atomic mass is 9.49. The Morgan fingerprint density at radius 2 is 1.71 bits per heavy atom. The first-order valence-electron chi connectivity index (χ1n) is 22.5. The number of nitriles is 1. The first kappa shape index (κ1) is 49.9. The second-order valence-electron chi connectivity index (χ2n) is 18.8. The number of β-amino-alcohol motifs (C(OH)–C–C–N with tert-alkyl or cyclic N) is 1. The maximum Gasteiger partial charge on any atom is 0.251 e. The molecule has 0 bridgehead atoms. The molecular formula is C50H62ClN7O7S. The number of likely N-dealkylation sites (tertiary alicyclic amines) is 1. The third kappa shape index (κ3) is 11.9. The maximum atomic E-state index is 13.8. The van der Waals surface area contributed by atoms with E-state index in [4.69, 9.17) is 21.1 Å². The van der Waals surface area contributed by atoms with E-state index in [1.165, 1.54) is 4.90 Å². The third-order valence-corrected chi connectivity index (χ3v) is 13.9. The molecule has 1 unspecified atom stereocenters. The van der Waals surface area contributed by atoms with Crippen LogP contribution < -0.4 is 26.0 Å². The quantitative estimate of drug-likeness (QED) is 0.0563. The summed E-state index contributed by atoms with van der Waals surface area (Å²) in [5, 5.41) is 32.4. The zero-order valence-electron chi connectivity index (χ0n) is 38.8. The molecule has 1 saturated heterocycles. The molecule has 14 nitrogen and oxygen atoms in total. The van der Waals surface area contributed by atoms with E-state index in [1.807, 2.05) is 62.7 Å². The SMILES string of the molecule is Cc1ncsc1-c1ccc(CNC(=O)C2C[C@@H](O)CN2C(=O)[C@@H](NC(=O)COCCCCCNc2ccc(C(=O)N[C@H]3C(C)(C)[C@H](Oc4ccc(C#N)c(Cl)c4)C3(C)C)cc2)C(C)C)cc1. The Balaban J connectivity index is 0.864. The van der Waals surface area contributed by atoms with Crippen molar-refractivity contribution in [2.45, 2.75) is 111 Å². The number of carbonyl (C=O) groups is 4. The molecule has 4 aromatic rings. The van der Waals surface area contributed by atoms with Crippen molar-refractivity contribution in [3.63, 3.8) is 0 Å². The minimum atomic E-state index is -0.892. The highest BCUT2D eigenvalue weighted by Gasteiger charge is 2.64. The van der Waals surface area contributed by atoms with Crippen molar-refractivity contribution in [1.82, 2.24) is 25.8 Å². The summed E-state index contributed by atoms with van der Waals surface area (Å²) in [5.74, 6) is -1.06. The Morgan fingerprint density at radius 3 is 2.35 bits per heavy atom. The number of hydrogen-bond donors (Lipinski definition) is 5. The van der Waals surface area contributed by atoms with Gasteiger partial charge in [0, 0.05) is 66.9 Å². The fraction of sp³-hybridized carbons (Fsp3) is 0.480. The third-order valence-electron chi connectivity index (χ3n) is 12.6. The molecule has 3 atom stereocenters. The normalized spacial score (nSPS) is 19.9. The largest absolute Gasteiger partial charge is 0.489 e. The van der Waals surface area contributed by atoms with Gasteiger partial charge in [-0.3, -0.25) is 19.2 Å². The molecule has 3 aromatic carbocycles. The molecule has 352 valence electrons. The first-order valence-corrected chi connectivity index (χ1v) is 23.8. The highest BCUT2D eigenvalue weighted by atomic mass is 35.5. The monoisotopic (exact) mass is 939 g/mol. The fourth-order valence-corrected chi connectivity index (χ4v) is 10.4. The van der Waals surface area contributed by atoms with Gasteiger partial charge in [-0.05, 0) is 79.6 Å². The molecule has 1 saturated carbocycles. The number of aliphatic hydroxyl groups excluding tert-OH is 1. The van der Waals surface area contributed by atoms with Crippen LogP contribution in [0.1, 0.15) is 94.4 Å². The molecular weight excluding hydrogens is 878 g/mol. The van der Waals surface area contributed by atoms with Crippen molar-refractivity contribution in [2.24, 2.45) is 16.7 Å². The van der Waals surface area contributed by atoms with Crippen LogP contribution in [0, 0.1) is 35.0 Å². The van der Waals surface area contributed by atoms with Crippen molar-refractivity contribution < 1.29 is 33.8 Å². The molecule has 2 fully saturated rings. The Bertz CT molecular complexity index is 2360. The van der Waals surface area contributed by atoms with Gasteiger partial charge in [0.2, 0.25) is 17.7 Å². The number of hydrogen-bond acceptors (Lipinski definition) is 11. The van der Waals surface area contributed by atoms with Gasteiger partial charge in [0.05, 0.1) is 32.8 Å². The fourth-order valence-electron chi connectivity index (χ4n) is 9.33. The smallest absolute Gasteiger partial charge is 0.251 e. The van der Waals surface area contributed by atoms with Gasteiger partial charge in [-0.1, -0.05) is 77.4 Å². The minimum Gasteiger partial charge on any atom is -0.489 e. The number of amides is 4. The van der Waals surface area contributed by atoms with Gasteiger partial charge in [-0.25, -0.2) is 4.98 Å². The number of aliphatic hydroxyl groups is 1. The molecule has 1 aliphatic carbocycles. The van der Waals surface area contributed by atoms with E-state index >= 15 is 0 Å². The summed E-state index contributed by atoms with van der Waals surface area (Å²) in [4.78, 5) is 60.2. The minimum absolute atomic E-state index is 0.00264. The van der Waals surface area contributed by atoms with Crippen LogP contribution in [-0.4, -0.2) is 95.3 Å². The molecule has 5 N–H and O–H groups in total. The molecule has 66 heavy (non-hydrogen) atoms. The average molecular weight is 941 g/mol. The van der Waals surface area contributed by atoms with Crippen molar-refractivity contribution >= 4 is 52.3 Å². The van der Waals surface area contributed by atoms with Crippen LogP contribution in [-0.2, 0) is 25.7 Å². The first-order chi connectivity index (χ1) is 31.4. The van der Waals surface area contributed by atoms with Gasteiger partial charge in [-0.2, -0.15) is 5.26 Å². The number of thiazole rings is 1. The van der Waals surface area contributed by atoms with Crippen LogP contribution in [0.3, 0.4) is 0 Å².